The fraction of sp³-hybridized carbons (Fsp3) is 0.188. The van der Waals surface area contributed by atoms with Gasteiger partial charge in [0, 0.05) is 24.2 Å². The Morgan fingerprint density at radius 3 is 2.95 bits per heavy atom. The maximum absolute atomic E-state index is 5.43. The number of furan rings is 1. The van der Waals surface area contributed by atoms with E-state index in [2.05, 4.69) is 34.8 Å². The van der Waals surface area contributed by atoms with Gasteiger partial charge in [0.1, 0.15) is 0 Å². The highest BCUT2D eigenvalue weighted by Crippen LogP contribution is 2.35. The van der Waals surface area contributed by atoms with Gasteiger partial charge in [-0.15, -0.1) is 16.8 Å². The van der Waals surface area contributed by atoms with Gasteiger partial charge >= 0.3 is 0 Å². The molecule has 0 fully saturated rings. The molecule has 6 heteroatoms. The van der Waals surface area contributed by atoms with Crippen molar-refractivity contribution in [2.75, 3.05) is 0 Å². The second-order valence-corrected chi connectivity index (χ2v) is 6.04. The molecule has 0 radical (unpaired) electrons. The van der Waals surface area contributed by atoms with Crippen LogP contribution in [0, 0.1) is 0 Å². The lowest BCUT2D eigenvalue weighted by Gasteiger charge is -2.11. The maximum Gasteiger partial charge on any atom is 0.200 e. The summed E-state index contributed by atoms with van der Waals surface area (Å²) in [5, 5.41) is 9.63. The van der Waals surface area contributed by atoms with E-state index in [1.807, 2.05) is 35.0 Å². The zero-order valence-corrected chi connectivity index (χ0v) is 13.0. The van der Waals surface area contributed by atoms with Crippen LogP contribution in [0.2, 0.25) is 0 Å². The Hall–Kier alpha value is -2.34. The summed E-state index contributed by atoms with van der Waals surface area (Å²) in [7, 11) is 0. The van der Waals surface area contributed by atoms with Crippen molar-refractivity contribution in [3.63, 3.8) is 0 Å². The molecule has 0 saturated carbocycles. The monoisotopic (exact) mass is 312 g/mol. The second-order valence-electron chi connectivity index (χ2n) is 4.73. The van der Waals surface area contributed by atoms with Crippen molar-refractivity contribution in [1.82, 2.24) is 19.7 Å². The highest BCUT2D eigenvalue weighted by molar-refractivity contribution is 7.99. The zero-order chi connectivity index (χ0) is 15.4. The van der Waals surface area contributed by atoms with Crippen LogP contribution in [0.25, 0.3) is 11.6 Å². The van der Waals surface area contributed by atoms with Crippen LogP contribution in [0.4, 0.5) is 0 Å². The van der Waals surface area contributed by atoms with Crippen LogP contribution in [0.5, 0.6) is 0 Å². The number of pyridine rings is 1. The van der Waals surface area contributed by atoms with Crippen LogP contribution in [0.3, 0.4) is 0 Å². The molecule has 5 nitrogen and oxygen atoms in total. The Morgan fingerprint density at radius 1 is 1.36 bits per heavy atom. The molecule has 0 N–H and O–H groups in total. The van der Waals surface area contributed by atoms with Crippen LogP contribution >= 0.6 is 11.8 Å². The smallest absolute Gasteiger partial charge is 0.200 e. The number of hydrogen-bond acceptors (Lipinski definition) is 5. The lowest BCUT2D eigenvalue weighted by molar-refractivity contribution is 0.569. The number of nitrogens with zero attached hydrogens (tertiary/aromatic N) is 4. The van der Waals surface area contributed by atoms with Crippen molar-refractivity contribution in [2.45, 2.75) is 23.9 Å². The van der Waals surface area contributed by atoms with Crippen LogP contribution in [-0.4, -0.2) is 19.7 Å². The van der Waals surface area contributed by atoms with Gasteiger partial charge in [-0.2, -0.15) is 0 Å². The third-order valence-corrected chi connectivity index (χ3v) is 4.34. The third kappa shape index (κ3) is 2.96. The van der Waals surface area contributed by atoms with Crippen molar-refractivity contribution in [2.24, 2.45) is 0 Å². The molecule has 3 aromatic rings. The Balaban J connectivity index is 1.89. The van der Waals surface area contributed by atoms with E-state index in [1.54, 1.807) is 24.2 Å². The first-order valence-corrected chi connectivity index (χ1v) is 7.82. The lowest BCUT2D eigenvalue weighted by atomic mass is 10.2. The van der Waals surface area contributed by atoms with Gasteiger partial charge in [0.05, 0.1) is 6.26 Å². The summed E-state index contributed by atoms with van der Waals surface area (Å²) >= 11 is 1.64. The van der Waals surface area contributed by atoms with Crippen molar-refractivity contribution in [3.05, 3.63) is 61.1 Å². The molecule has 112 valence electrons. The summed E-state index contributed by atoms with van der Waals surface area (Å²) in [6.07, 6.45) is 7.11. The minimum Gasteiger partial charge on any atom is -0.461 e. The molecule has 1 atom stereocenters. The molecule has 22 heavy (non-hydrogen) atoms. The van der Waals surface area contributed by atoms with Gasteiger partial charge in [-0.25, -0.2) is 0 Å². The summed E-state index contributed by atoms with van der Waals surface area (Å²) in [5.74, 6) is 1.42. The Bertz CT molecular complexity index is 737. The molecule has 0 aliphatic heterocycles. The van der Waals surface area contributed by atoms with Gasteiger partial charge in [0.25, 0.3) is 0 Å². The van der Waals surface area contributed by atoms with E-state index >= 15 is 0 Å². The van der Waals surface area contributed by atoms with E-state index in [0.717, 1.165) is 10.7 Å². The summed E-state index contributed by atoms with van der Waals surface area (Å²) in [6, 6.07) is 7.72. The van der Waals surface area contributed by atoms with E-state index in [-0.39, 0.29) is 5.25 Å². The Kier molecular flexibility index (Phi) is 4.39. The van der Waals surface area contributed by atoms with Crippen molar-refractivity contribution in [3.8, 4) is 11.6 Å². The van der Waals surface area contributed by atoms with Gasteiger partial charge < -0.3 is 4.42 Å². The third-order valence-electron chi connectivity index (χ3n) is 3.21. The molecular formula is C16H16N4OS. The predicted molar refractivity (Wildman–Crippen MR) is 86.4 cm³/mol. The number of thioether (sulfide) groups is 1. The average Bonchev–Trinajstić information content (AvgIpc) is 3.19. The van der Waals surface area contributed by atoms with Crippen molar-refractivity contribution in [1.29, 1.82) is 0 Å². The van der Waals surface area contributed by atoms with Gasteiger partial charge in [-0.05, 0) is 30.7 Å². The van der Waals surface area contributed by atoms with Gasteiger partial charge in [-0.1, -0.05) is 23.9 Å². The van der Waals surface area contributed by atoms with Crippen molar-refractivity contribution < 1.29 is 4.42 Å². The Morgan fingerprint density at radius 2 is 2.27 bits per heavy atom. The van der Waals surface area contributed by atoms with Crippen LogP contribution in [0.15, 0.2) is 65.2 Å². The molecule has 0 saturated heterocycles. The van der Waals surface area contributed by atoms with Crippen LogP contribution in [-0.2, 0) is 6.54 Å². The average molecular weight is 312 g/mol. The predicted octanol–water partition coefficient (Wildman–Crippen LogP) is 3.97. The number of rotatable bonds is 6. The molecule has 0 aliphatic carbocycles. The fourth-order valence-electron chi connectivity index (χ4n) is 2.10. The molecule has 0 amide bonds. The fourth-order valence-corrected chi connectivity index (χ4v) is 3.07. The summed E-state index contributed by atoms with van der Waals surface area (Å²) in [4.78, 5) is 4.16. The molecule has 3 rings (SSSR count). The first-order chi connectivity index (χ1) is 10.8. The molecular weight excluding hydrogens is 296 g/mol. The molecule has 0 unspecified atom stereocenters. The lowest BCUT2D eigenvalue weighted by Crippen LogP contribution is -2.01. The van der Waals surface area contributed by atoms with Gasteiger partial charge in [-0.3, -0.25) is 9.55 Å². The molecule has 3 aromatic heterocycles. The highest BCUT2D eigenvalue weighted by Gasteiger charge is 2.18. The van der Waals surface area contributed by atoms with E-state index < -0.39 is 0 Å². The molecule has 0 bridgehead atoms. The maximum atomic E-state index is 5.43. The highest BCUT2D eigenvalue weighted by atomic mass is 32.2. The standard InChI is InChI=1S/C16H16N4OS/c1-3-9-20-15(14-7-5-10-21-14)18-19-16(20)22-12(2)13-6-4-8-17-11-13/h3-8,10-12H,1,9H2,2H3/t12-/m1/s1. The first kappa shape index (κ1) is 14.6. The van der Waals surface area contributed by atoms with E-state index in [1.165, 1.54) is 0 Å². The molecule has 3 heterocycles. The van der Waals surface area contributed by atoms with E-state index in [4.69, 9.17) is 4.42 Å². The summed E-state index contributed by atoms with van der Waals surface area (Å²) in [5.41, 5.74) is 1.15. The SMILES string of the molecule is C=CCn1c(S[C@H](C)c2cccnc2)nnc1-c1ccco1. The first-order valence-electron chi connectivity index (χ1n) is 6.94. The van der Waals surface area contributed by atoms with Crippen molar-refractivity contribution >= 4 is 11.8 Å². The van der Waals surface area contributed by atoms with Gasteiger partial charge in [0.2, 0.25) is 5.82 Å². The topological polar surface area (TPSA) is 56.7 Å². The number of aromatic nitrogens is 4. The summed E-state index contributed by atoms with van der Waals surface area (Å²) < 4.78 is 7.44. The van der Waals surface area contributed by atoms with E-state index in [0.29, 0.717) is 18.1 Å². The molecule has 0 spiro atoms. The quantitative estimate of drug-likeness (QED) is 0.509. The second kappa shape index (κ2) is 6.62. The van der Waals surface area contributed by atoms with Crippen LogP contribution < -0.4 is 0 Å². The largest absolute Gasteiger partial charge is 0.461 e. The normalized spacial score (nSPS) is 12.2. The zero-order valence-electron chi connectivity index (χ0n) is 12.2. The minimum absolute atomic E-state index is 0.228. The van der Waals surface area contributed by atoms with Gasteiger partial charge in [0.15, 0.2) is 10.9 Å². The van der Waals surface area contributed by atoms with E-state index in [9.17, 15) is 0 Å². The number of allylic oxidation sites excluding steroid dienone is 1. The molecule has 0 aromatic carbocycles. The summed E-state index contributed by atoms with van der Waals surface area (Å²) in [6.45, 7) is 6.57. The minimum atomic E-state index is 0.228. The Labute approximate surface area is 133 Å². The molecule has 0 aliphatic rings. The van der Waals surface area contributed by atoms with Crippen LogP contribution in [0.1, 0.15) is 17.7 Å². The number of hydrogen-bond donors (Lipinski definition) is 0.